The first-order valence-electron chi connectivity index (χ1n) is 4.64. The predicted molar refractivity (Wildman–Crippen MR) is 70.9 cm³/mol. The minimum Gasteiger partial charge on any atom is -0.329 e. The van der Waals surface area contributed by atoms with Gasteiger partial charge >= 0.3 is 23.1 Å². The van der Waals surface area contributed by atoms with Crippen molar-refractivity contribution in [3.63, 3.8) is 0 Å². The summed E-state index contributed by atoms with van der Waals surface area (Å²) >= 11 is 0. The van der Waals surface area contributed by atoms with Gasteiger partial charge in [-0.2, -0.15) is 49.2 Å². The third-order valence-corrected chi connectivity index (χ3v) is 1.39. The zero-order chi connectivity index (χ0) is 9.07. The predicted octanol–water partition coefficient (Wildman–Crippen LogP) is 4.08. The van der Waals surface area contributed by atoms with E-state index >= 15 is 0 Å². The molecule has 1 rings (SSSR count). The molecular formula is C12H19BrMg. The van der Waals surface area contributed by atoms with Gasteiger partial charge in [0.05, 0.1) is 0 Å². The fourth-order valence-corrected chi connectivity index (χ4v) is 0.750. The molecule has 0 aliphatic carbocycles. The van der Waals surface area contributed by atoms with E-state index in [0.29, 0.717) is 0 Å². The molecule has 14 heavy (non-hydrogen) atoms. The SMILES string of the molecule is Br.CC[CH-]CCC.[Mg+2].[c-]1ccccc1. The largest absolute Gasteiger partial charge is 2.00 e. The van der Waals surface area contributed by atoms with Crippen molar-refractivity contribution in [1.82, 2.24) is 0 Å². The Kier molecular flexibility index (Phi) is 27.2. The summed E-state index contributed by atoms with van der Waals surface area (Å²) in [5.41, 5.74) is 0. The second kappa shape index (κ2) is 19.1. The molecule has 0 fully saturated rings. The molecule has 76 valence electrons. The molecule has 0 unspecified atom stereocenters. The van der Waals surface area contributed by atoms with Crippen LogP contribution in [-0.2, 0) is 0 Å². The van der Waals surface area contributed by atoms with Gasteiger partial charge in [0.2, 0.25) is 0 Å². The molecule has 1 aromatic rings. The van der Waals surface area contributed by atoms with E-state index in [1.807, 2.05) is 30.3 Å². The summed E-state index contributed by atoms with van der Waals surface area (Å²) in [6, 6.07) is 12.5. The molecule has 0 atom stereocenters. The van der Waals surface area contributed by atoms with Gasteiger partial charge in [0.25, 0.3) is 0 Å². The second-order valence-corrected chi connectivity index (χ2v) is 2.56. The van der Waals surface area contributed by atoms with Crippen LogP contribution < -0.4 is 0 Å². The Hall–Kier alpha value is 0.466. The minimum atomic E-state index is 0. The molecule has 0 bridgehead atoms. The first-order valence-corrected chi connectivity index (χ1v) is 4.64. The van der Waals surface area contributed by atoms with E-state index in [9.17, 15) is 0 Å². The maximum atomic E-state index is 2.89. The van der Waals surface area contributed by atoms with E-state index in [2.05, 4.69) is 26.3 Å². The quantitative estimate of drug-likeness (QED) is 0.440. The van der Waals surface area contributed by atoms with Crippen molar-refractivity contribution >= 4 is 40.0 Å². The molecule has 0 N–H and O–H groups in total. The first-order chi connectivity index (χ1) is 5.91. The van der Waals surface area contributed by atoms with Crippen LogP contribution in [-0.4, -0.2) is 23.1 Å². The summed E-state index contributed by atoms with van der Waals surface area (Å²) in [6.07, 6.45) is 6.12. The van der Waals surface area contributed by atoms with Crippen LogP contribution in [0.1, 0.15) is 33.1 Å². The maximum absolute atomic E-state index is 2.89. The maximum Gasteiger partial charge on any atom is 2.00 e. The van der Waals surface area contributed by atoms with Crippen molar-refractivity contribution in [2.24, 2.45) is 0 Å². The van der Waals surface area contributed by atoms with Crippen LogP contribution >= 0.6 is 17.0 Å². The molecule has 2 heteroatoms. The number of rotatable bonds is 3. The minimum absolute atomic E-state index is 0. The van der Waals surface area contributed by atoms with Gasteiger partial charge in [-0.1, -0.05) is 20.3 Å². The third-order valence-electron chi connectivity index (χ3n) is 1.39. The van der Waals surface area contributed by atoms with Gasteiger partial charge in [-0.05, 0) is 0 Å². The Bertz CT molecular complexity index is 123. The molecular weight excluding hydrogens is 248 g/mol. The van der Waals surface area contributed by atoms with E-state index in [1.54, 1.807) is 0 Å². The molecule has 0 radical (unpaired) electrons. The van der Waals surface area contributed by atoms with E-state index in [4.69, 9.17) is 0 Å². The zero-order valence-electron chi connectivity index (χ0n) is 9.20. The summed E-state index contributed by atoms with van der Waals surface area (Å²) in [4.78, 5) is 0. The normalized spacial score (nSPS) is 7.29. The van der Waals surface area contributed by atoms with Gasteiger partial charge in [-0.15, -0.1) is 17.0 Å². The van der Waals surface area contributed by atoms with Gasteiger partial charge in [-0.3, -0.25) is 0 Å². The first kappa shape index (κ1) is 20.0. The monoisotopic (exact) mass is 266 g/mol. The Morgan fingerprint density at radius 2 is 1.64 bits per heavy atom. The van der Waals surface area contributed by atoms with Gasteiger partial charge in [0.15, 0.2) is 0 Å². The molecule has 0 nitrogen and oxygen atoms in total. The molecule has 0 spiro atoms. The summed E-state index contributed by atoms with van der Waals surface area (Å²) in [5.74, 6) is 0. The fraction of sp³-hybridized carbons (Fsp3) is 0.417. The summed E-state index contributed by atoms with van der Waals surface area (Å²) in [6.45, 7) is 4.38. The van der Waals surface area contributed by atoms with Crippen molar-refractivity contribution in [3.8, 4) is 0 Å². The van der Waals surface area contributed by atoms with Crippen LogP contribution in [0.5, 0.6) is 0 Å². The molecule has 1 aromatic carbocycles. The second-order valence-electron chi connectivity index (χ2n) is 2.56. The fourth-order valence-electron chi connectivity index (χ4n) is 0.750. The van der Waals surface area contributed by atoms with Gasteiger partial charge in [0.1, 0.15) is 0 Å². The van der Waals surface area contributed by atoms with E-state index in [-0.39, 0.29) is 40.0 Å². The standard InChI is InChI=1S/C6H5.C6H13.BrH.Mg/c1-2-4-6-5-3-1;1-3-5-6-4-2;;/h1-5H;5H,3-4,6H2,1-2H3;1H;/q2*-1;;+2. The average molecular weight is 267 g/mol. The molecule has 0 amide bonds. The van der Waals surface area contributed by atoms with Crippen molar-refractivity contribution in [1.29, 1.82) is 0 Å². The summed E-state index contributed by atoms with van der Waals surface area (Å²) < 4.78 is 0. The van der Waals surface area contributed by atoms with Crippen LogP contribution in [0.2, 0.25) is 0 Å². The summed E-state index contributed by atoms with van der Waals surface area (Å²) in [7, 11) is 0. The number of halogens is 1. The molecule has 0 aromatic heterocycles. The van der Waals surface area contributed by atoms with Gasteiger partial charge in [-0.25, -0.2) is 0 Å². The number of hydrogen-bond acceptors (Lipinski definition) is 0. The Morgan fingerprint density at radius 3 is 1.79 bits per heavy atom. The van der Waals surface area contributed by atoms with Crippen molar-refractivity contribution in [2.45, 2.75) is 33.1 Å². The molecule has 0 saturated carbocycles. The molecule has 0 aliphatic heterocycles. The van der Waals surface area contributed by atoms with Gasteiger partial charge < -0.3 is 6.42 Å². The van der Waals surface area contributed by atoms with Crippen molar-refractivity contribution in [3.05, 3.63) is 42.8 Å². The average Bonchev–Trinajstić information content (AvgIpc) is 2.18. The number of hydrogen-bond donors (Lipinski definition) is 0. The molecule has 0 aliphatic rings. The van der Waals surface area contributed by atoms with Crippen LogP contribution in [0.25, 0.3) is 0 Å². The topological polar surface area (TPSA) is 0 Å². The van der Waals surface area contributed by atoms with E-state index < -0.39 is 0 Å². The van der Waals surface area contributed by atoms with E-state index in [0.717, 1.165) is 0 Å². The van der Waals surface area contributed by atoms with Crippen LogP contribution in [0.15, 0.2) is 30.3 Å². The smallest absolute Gasteiger partial charge is 0.329 e. The summed E-state index contributed by atoms with van der Waals surface area (Å²) in [5, 5.41) is 0. The Balaban J connectivity index is -0.000000151. The Labute approximate surface area is 115 Å². The number of benzene rings is 1. The van der Waals surface area contributed by atoms with Crippen molar-refractivity contribution < 1.29 is 0 Å². The van der Waals surface area contributed by atoms with Crippen molar-refractivity contribution in [2.75, 3.05) is 0 Å². The zero-order valence-corrected chi connectivity index (χ0v) is 12.3. The molecule has 0 heterocycles. The van der Waals surface area contributed by atoms with Gasteiger partial charge in [0, 0.05) is 0 Å². The van der Waals surface area contributed by atoms with Crippen LogP contribution in [0, 0.1) is 12.5 Å². The van der Waals surface area contributed by atoms with Crippen LogP contribution in [0.4, 0.5) is 0 Å². The van der Waals surface area contributed by atoms with E-state index in [1.165, 1.54) is 19.3 Å². The Morgan fingerprint density at radius 1 is 1.07 bits per heavy atom. The van der Waals surface area contributed by atoms with Crippen LogP contribution in [0.3, 0.4) is 0 Å². The molecule has 0 saturated heterocycles. The number of unbranched alkanes of at least 4 members (excludes halogenated alkanes) is 3. The third kappa shape index (κ3) is 18.3.